The van der Waals surface area contributed by atoms with Crippen LogP contribution < -0.4 is 10.1 Å². The second-order valence-corrected chi connectivity index (χ2v) is 5.50. The van der Waals surface area contributed by atoms with Crippen LogP contribution in [0.2, 0.25) is 0 Å². The molecule has 2 rings (SSSR count). The maximum absolute atomic E-state index is 12.6. The predicted octanol–water partition coefficient (Wildman–Crippen LogP) is 1.39. The molecule has 8 nitrogen and oxygen atoms in total. The summed E-state index contributed by atoms with van der Waals surface area (Å²) in [6.07, 6.45) is 1.69. The van der Waals surface area contributed by atoms with Gasteiger partial charge in [-0.05, 0) is 24.3 Å². The second kappa shape index (κ2) is 9.33. The zero-order valence-corrected chi connectivity index (χ0v) is 15.2. The van der Waals surface area contributed by atoms with E-state index in [1.165, 1.54) is 39.5 Å². The van der Waals surface area contributed by atoms with Crippen molar-refractivity contribution in [1.29, 1.82) is 0 Å². The van der Waals surface area contributed by atoms with Gasteiger partial charge in [0.05, 0.1) is 26.9 Å². The first kappa shape index (κ1) is 19.9. The van der Waals surface area contributed by atoms with Gasteiger partial charge < -0.3 is 19.5 Å². The largest absolute Gasteiger partial charge is 0.481 e. The van der Waals surface area contributed by atoms with Gasteiger partial charge >= 0.3 is 11.9 Å². The smallest absolute Gasteiger partial charge is 0.337 e. The maximum Gasteiger partial charge on any atom is 0.337 e. The SMILES string of the molecule is COC(=O)c1cccc(C(=O)N[C@@H](Cc2cccnc2OC)C(=O)OC)c1. The molecule has 0 saturated heterocycles. The Morgan fingerprint density at radius 3 is 2.44 bits per heavy atom. The van der Waals surface area contributed by atoms with Crippen molar-refractivity contribution in [2.24, 2.45) is 0 Å². The van der Waals surface area contributed by atoms with Gasteiger partial charge in [0.15, 0.2) is 0 Å². The Balaban J connectivity index is 2.22. The minimum absolute atomic E-state index is 0.131. The van der Waals surface area contributed by atoms with Crippen molar-refractivity contribution in [2.45, 2.75) is 12.5 Å². The Hall–Kier alpha value is -3.42. The first-order valence-electron chi connectivity index (χ1n) is 8.05. The zero-order valence-electron chi connectivity index (χ0n) is 15.2. The van der Waals surface area contributed by atoms with Gasteiger partial charge in [0.25, 0.3) is 5.91 Å². The van der Waals surface area contributed by atoms with Crippen LogP contribution in [0, 0.1) is 0 Å². The van der Waals surface area contributed by atoms with Crippen molar-refractivity contribution in [1.82, 2.24) is 10.3 Å². The van der Waals surface area contributed by atoms with Crippen molar-refractivity contribution < 1.29 is 28.6 Å². The fraction of sp³-hybridized carbons (Fsp3) is 0.263. The first-order chi connectivity index (χ1) is 13.0. The van der Waals surface area contributed by atoms with Crippen LogP contribution in [0.1, 0.15) is 26.3 Å². The van der Waals surface area contributed by atoms with Gasteiger partial charge in [-0.1, -0.05) is 12.1 Å². The summed E-state index contributed by atoms with van der Waals surface area (Å²) in [6.45, 7) is 0. The van der Waals surface area contributed by atoms with E-state index in [1.807, 2.05) is 0 Å². The van der Waals surface area contributed by atoms with Crippen molar-refractivity contribution >= 4 is 17.8 Å². The summed E-state index contributed by atoms with van der Waals surface area (Å²) in [7, 11) is 3.96. The average molecular weight is 372 g/mol. The molecule has 1 heterocycles. The van der Waals surface area contributed by atoms with Crippen LogP contribution in [0.5, 0.6) is 5.88 Å². The lowest BCUT2D eigenvalue weighted by molar-refractivity contribution is -0.142. The molecule has 8 heteroatoms. The van der Waals surface area contributed by atoms with E-state index in [0.717, 1.165) is 0 Å². The molecule has 0 bridgehead atoms. The Bertz CT molecular complexity index is 836. The molecule has 0 spiro atoms. The molecule has 1 N–H and O–H groups in total. The zero-order chi connectivity index (χ0) is 19.8. The fourth-order valence-electron chi connectivity index (χ4n) is 2.47. The van der Waals surface area contributed by atoms with Crippen LogP contribution in [-0.4, -0.2) is 50.2 Å². The van der Waals surface area contributed by atoms with E-state index in [0.29, 0.717) is 11.4 Å². The van der Waals surface area contributed by atoms with E-state index in [-0.39, 0.29) is 17.5 Å². The molecule has 1 amide bonds. The summed E-state index contributed by atoms with van der Waals surface area (Å²) < 4.78 is 14.6. The van der Waals surface area contributed by atoms with Crippen molar-refractivity contribution in [3.63, 3.8) is 0 Å². The van der Waals surface area contributed by atoms with Gasteiger partial charge in [-0.25, -0.2) is 14.6 Å². The first-order valence-corrected chi connectivity index (χ1v) is 8.05. The van der Waals surface area contributed by atoms with E-state index in [9.17, 15) is 14.4 Å². The monoisotopic (exact) mass is 372 g/mol. The molecular weight excluding hydrogens is 352 g/mol. The number of esters is 2. The Morgan fingerprint density at radius 1 is 1.04 bits per heavy atom. The quantitative estimate of drug-likeness (QED) is 0.733. The topological polar surface area (TPSA) is 104 Å². The molecule has 0 unspecified atom stereocenters. The maximum atomic E-state index is 12.6. The summed E-state index contributed by atoms with van der Waals surface area (Å²) in [5, 5.41) is 2.62. The number of ether oxygens (including phenoxy) is 3. The summed E-state index contributed by atoms with van der Waals surface area (Å²) in [4.78, 5) is 40.4. The summed E-state index contributed by atoms with van der Waals surface area (Å²) >= 11 is 0. The summed E-state index contributed by atoms with van der Waals surface area (Å²) in [5.74, 6) is -1.35. The number of methoxy groups -OCH3 is 3. The molecule has 0 radical (unpaired) electrons. The molecule has 27 heavy (non-hydrogen) atoms. The molecule has 0 fully saturated rings. The molecule has 2 aromatic rings. The van der Waals surface area contributed by atoms with Crippen LogP contribution in [0.3, 0.4) is 0 Å². The lowest BCUT2D eigenvalue weighted by Gasteiger charge is -2.17. The van der Waals surface area contributed by atoms with Gasteiger partial charge in [-0.15, -0.1) is 0 Å². The van der Waals surface area contributed by atoms with Gasteiger partial charge in [0.1, 0.15) is 6.04 Å². The highest BCUT2D eigenvalue weighted by molar-refractivity contribution is 5.99. The van der Waals surface area contributed by atoms with E-state index >= 15 is 0 Å². The molecule has 0 aliphatic heterocycles. The lowest BCUT2D eigenvalue weighted by atomic mass is 10.1. The van der Waals surface area contributed by atoms with Gasteiger partial charge in [0.2, 0.25) is 5.88 Å². The number of hydrogen-bond acceptors (Lipinski definition) is 7. The van der Waals surface area contributed by atoms with Gasteiger partial charge in [0, 0.05) is 23.7 Å². The molecule has 0 aliphatic carbocycles. The Kier molecular flexibility index (Phi) is 6.87. The van der Waals surface area contributed by atoms with Crippen molar-refractivity contribution in [3.05, 3.63) is 59.3 Å². The number of benzene rings is 1. The van der Waals surface area contributed by atoms with Crippen molar-refractivity contribution in [2.75, 3.05) is 21.3 Å². The third-order valence-corrected chi connectivity index (χ3v) is 3.80. The minimum Gasteiger partial charge on any atom is -0.481 e. The minimum atomic E-state index is -0.956. The number of rotatable bonds is 7. The molecule has 1 aromatic heterocycles. The standard InChI is InChI=1S/C19H20N2O6/c1-25-17-13(8-5-9-20-17)11-15(19(24)27-3)21-16(22)12-6-4-7-14(10-12)18(23)26-2/h4-10,15H,11H2,1-3H3,(H,21,22)/t15-/m0/s1. The number of carbonyl (C=O) groups excluding carboxylic acids is 3. The Labute approximate surface area is 156 Å². The van der Waals surface area contributed by atoms with Crippen LogP contribution in [0.15, 0.2) is 42.6 Å². The third-order valence-electron chi connectivity index (χ3n) is 3.80. The molecular formula is C19H20N2O6. The highest BCUT2D eigenvalue weighted by Gasteiger charge is 2.24. The molecule has 1 aromatic carbocycles. The van der Waals surface area contributed by atoms with Crippen molar-refractivity contribution in [3.8, 4) is 5.88 Å². The fourth-order valence-corrected chi connectivity index (χ4v) is 2.47. The third kappa shape index (κ3) is 5.04. The van der Waals surface area contributed by atoms with E-state index in [2.05, 4.69) is 15.0 Å². The molecule has 0 saturated carbocycles. The van der Waals surface area contributed by atoms with E-state index < -0.39 is 23.9 Å². The molecule has 1 atom stereocenters. The summed E-state index contributed by atoms with van der Waals surface area (Å²) in [6, 6.07) is 8.49. The number of carbonyl (C=O) groups is 3. The predicted molar refractivity (Wildman–Crippen MR) is 95.5 cm³/mol. The number of pyridine rings is 1. The number of nitrogens with one attached hydrogen (secondary N) is 1. The number of amides is 1. The average Bonchev–Trinajstić information content (AvgIpc) is 2.72. The van der Waals surface area contributed by atoms with Gasteiger partial charge in [-0.2, -0.15) is 0 Å². The number of hydrogen-bond donors (Lipinski definition) is 1. The molecule has 0 aliphatic rings. The summed E-state index contributed by atoms with van der Waals surface area (Å²) in [5.41, 5.74) is 1.08. The van der Waals surface area contributed by atoms with Crippen LogP contribution in [0.4, 0.5) is 0 Å². The van der Waals surface area contributed by atoms with Crippen LogP contribution >= 0.6 is 0 Å². The highest BCUT2D eigenvalue weighted by atomic mass is 16.5. The Morgan fingerprint density at radius 2 is 1.78 bits per heavy atom. The number of aromatic nitrogens is 1. The lowest BCUT2D eigenvalue weighted by Crippen LogP contribution is -2.43. The van der Waals surface area contributed by atoms with Crippen LogP contribution in [-0.2, 0) is 20.7 Å². The second-order valence-electron chi connectivity index (χ2n) is 5.50. The highest BCUT2D eigenvalue weighted by Crippen LogP contribution is 2.16. The van der Waals surface area contributed by atoms with Crippen LogP contribution in [0.25, 0.3) is 0 Å². The van der Waals surface area contributed by atoms with E-state index in [4.69, 9.17) is 9.47 Å². The van der Waals surface area contributed by atoms with Gasteiger partial charge in [-0.3, -0.25) is 4.79 Å². The number of nitrogens with zero attached hydrogens (tertiary/aromatic N) is 1. The normalized spacial score (nSPS) is 11.2. The molecule has 142 valence electrons. The van der Waals surface area contributed by atoms with E-state index in [1.54, 1.807) is 24.4 Å².